The number of anilines is 1. The number of aryl methyl sites for hydroxylation is 1. The van der Waals surface area contributed by atoms with Gasteiger partial charge in [0.05, 0.1) is 0 Å². The molecule has 1 aromatic carbocycles. The van der Waals surface area contributed by atoms with Crippen molar-refractivity contribution in [1.29, 1.82) is 0 Å². The summed E-state index contributed by atoms with van der Waals surface area (Å²) >= 11 is 3.48. The summed E-state index contributed by atoms with van der Waals surface area (Å²) in [5.74, 6) is -0.0660. The molecule has 0 saturated carbocycles. The van der Waals surface area contributed by atoms with Crippen LogP contribution in [0.1, 0.15) is 21.7 Å². The Bertz CT molecular complexity index is 646. The fourth-order valence-corrected chi connectivity index (χ4v) is 2.27. The molecule has 5 nitrogen and oxygen atoms in total. The van der Waals surface area contributed by atoms with Crippen LogP contribution in [0.15, 0.2) is 34.9 Å². The zero-order valence-electron chi connectivity index (χ0n) is 11.2. The summed E-state index contributed by atoms with van der Waals surface area (Å²) in [6.45, 7) is 2.29. The van der Waals surface area contributed by atoms with Crippen LogP contribution in [0.5, 0.6) is 0 Å². The van der Waals surface area contributed by atoms with E-state index in [1.165, 1.54) is 6.20 Å². The summed E-state index contributed by atoms with van der Waals surface area (Å²) in [5, 5.41) is 9.21. The van der Waals surface area contributed by atoms with Crippen LogP contribution in [0.2, 0.25) is 0 Å². The Hall–Kier alpha value is -1.95. The number of aromatic nitrogens is 2. The van der Waals surface area contributed by atoms with E-state index in [0.717, 1.165) is 10.0 Å². The van der Waals surface area contributed by atoms with Gasteiger partial charge in [-0.25, -0.2) is 14.8 Å². The lowest BCUT2D eigenvalue weighted by Gasteiger charge is -2.20. The molecule has 0 aliphatic carbocycles. The van der Waals surface area contributed by atoms with Gasteiger partial charge in [-0.3, -0.25) is 0 Å². The summed E-state index contributed by atoms with van der Waals surface area (Å²) in [4.78, 5) is 21.2. The molecule has 1 heterocycles. The van der Waals surface area contributed by atoms with E-state index in [-0.39, 0.29) is 5.56 Å². The molecule has 0 amide bonds. The first kappa shape index (κ1) is 14.5. The number of carboxylic acids is 1. The first-order chi connectivity index (χ1) is 9.49. The lowest BCUT2D eigenvalue weighted by molar-refractivity contribution is 0.0696. The molecule has 0 atom stereocenters. The number of nitrogens with zero attached hydrogens (tertiary/aromatic N) is 3. The van der Waals surface area contributed by atoms with Crippen molar-refractivity contribution in [3.05, 3.63) is 51.9 Å². The number of halogens is 1. The highest BCUT2D eigenvalue weighted by Gasteiger charge is 2.17. The highest BCUT2D eigenvalue weighted by Crippen LogP contribution is 2.22. The molecule has 0 bridgehead atoms. The number of hydrogen-bond donors (Lipinski definition) is 1. The van der Waals surface area contributed by atoms with E-state index < -0.39 is 5.97 Å². The van der Waals surface area contributed by atoms with Crippen molar-refractivity contribution in [1.82, 2.24) is 9.97 Å². The highest BCUT2D eigenvalue weighted by atomic mass is 79.9. The van der Waals surface area contributed by atoms with Gasteiger partial charge in [-0.1, -0.05) is 34.1 Å². The number of carboxylic acid groups (broad SMARTS) is 1. The normalized spacial score (nSPS) is 10.3. The molecule has 0 radical (unpaired) electrons. The smallest absolute Gasteiger partial charge is 0.341 e. The second-order valence-corrected chi connectivity index (χ2v) is 5.26. The lowest BCUT2D eigenvalue weighted by Crippen LogP contribution is -2.22. The third kappa shape index (κ3) is 3.14. The summed E-state index contributed by atoms with van der Waals surface area (Å²) in [5.41, 5.74) is 1.16. The molecule has 0 aliphatic heterocycles. The SMILES string of the molecule is Cc1ncc(C(=O)O)c(N(C)Cc2ccccc2Br)n1. The predicted octanol–water partition coefficient (Wildman–Crippen LogP) is 2.88. The fraction of sp³-hybridized carbons (Fsp3) is 0.214. The molecule has 0 fully saturated rings. The number of benzene rings is 1. The molecular formula is C14H14BrN3O2. The standard InChI is InChI=1S/C14H14BrN3O2/c1-9-16-7-11(14(19)20)13(17-9)18(2)8-10-5-3-4-6-12(10)15/h3-7H,8H2,1-2H3,(H,19,20). The maximum Gasteiger partial charge on any atom is 0.341 e. The lowest BCUT2D eigenvalue weighted by atomic mass is 10.2. The van der Waals surface area contributed by atoms with Gasteiger partial charge in [0.15, 0.2) is 0 Å². The molecule has 104 valence electrons. The third-order valence-corrected chi connectivity index (χ3v) is 3.62. The molecule has 2 rings (SSSR count). The number of aromatic carboxylic acids is 1. The molecular weight excluding hydrogens is 322 g/mol. The molecule has 20 heavy (non-hydrogen) atoms. The highest BCUT2D eigenvalue weighted by molar-refractivity contribution is 9.10. The van der Waals surface area contributed by atoms with Crippen LogP contribution in [0, 0.1) is 6.92 Å². The minimum atomic E-state index is -1.03. The van der Waals surface area contributed by atoms with Crippen LogP contribution in [-0.4, -0.2) is 28.1 Å². The summed E-state index contributed by atoms with van der Waals surface area (Å²) in [6.07, 6.45) is 1.34. The van der Waals surface area contributed by atoms with Gasteiger partial charge in [0.1, 0.15) is 17.2 Å². The number of hydrogen-bond acceptors (Lipinski definition) is 4. The predicted molar refractivity (Wildman–Crippen MR) is 80.0 cm³/mol. The van der Waals surface area contributed by atoms with Crippen LogP contribution in [0.25, 0.3) is 0 Å². The zero-order chi connectivity index (χ0) is 14.7. The van der Waals surface area contributed by atoms with Gasteiger partial charge in [0, 0.05) is 24.3 Å². The molecule has 1 N–H and O–H groups in total. The van der Waals surface area contributed by atoms with Gasteiger partial charge >= 0.3 is 5.97 Å². The Labute approximate surface area is 125 Å². The zero-order valence-corrected chi connectivity index (χ0v) is 12.8. The number of carbonyl (C=O) groups is 1. The van der Waals surface area contributed by atoms with Gasteiger partial charge in [-0.15, -0.1) is 0 Å². The largest absolute Gasteiger partial charge is 0.477 e. The molecule has 6 heteroatoms. The van der Waals surface area contributed by atoms with Crippen molar-refractivity contribution in [2.45, 2.75) is 13.5 Å². The topological polar surface area (TPSA) is 66.3 Å². The monoisotopic (exact) mass is 335 g/mol. The Balaban J connectivity index is 2.34. The Kier molecular flexibility index (Phi) is 4.34. The van der Waals surface area contributed by atoms with Crippen LogP contribution in [0.3, 0.4) is 0 Å². The van der Waals surface area contributed by atoms with Gasteiger partial charge in [-0.05, 0) is 18.6 Å². The van der Waals surface area contributed by atoms with E-state index in [0.29, 0.717) is 18.2 Å². The van der Waals surface area contributed by atoms with E-state index >= 15 is 0 Å². The molecule has 0 unspecified atom stereocenters. The maximum absolute atomic E-state index is 11.2. The molecule has 2 aromatic rings. The number of rotatable bonds is 4. The van der Waals surface area contributed by atoms with Gasteiger partial charge in [-0.2, -0.15) is 0 Å². The molecule has 0 aliphatic rings. The average Bonchev–Trinajstić information content (AvgIpc) is 2.40. The van der Waals surface area contributed by atoms with E-state index in [2.05, 4.69) is 25.9 Å². The first-order valence-corrected chi connectivity index (χ1v) is 6.80. The maximum atomic E-state index is 11.2. The van der Waals surface area contributed by atoms with Crippen molar-refractivity contribution in [2.24, 2.45) is 0 Å². The minimum Gasteiger partial charge on any atom is -0.477 e. The molecule has 0 spiro atoms. The van der Waals surface area contributed by atoms with Crippen molar-refractivity contribution < 1.29 is 9.90 Å². The van der Waals surface area contributed by atoms with Gasteiger partial charge in [0.25, 0.3) is 0 Å². The second kappa shape index (κ2) is 6.00. The van der Waals surface area contributed by atoms with E-state index in [1.54, 1.807) is 11.8 Å². The van der Waals surface area contributed by atoms with Crippen LogP contribution in [0.4, 0.5) is 5.82 Å². The fourth-order valence-electron chi connectivity index (χ4n) is 1.86. The second-order valence-electron chi connectivity index (χ2n) is 4.41. The summed E-state index contributed by atoms with van der Waals surface area (Å²) in [7, 11) is 1.81. The Morgan fingerprint density at radius 3 is 2.75 bits per heavy atom. The summed E-state index contributed by atoms with van der Waals surface area (Å²) in [6, 6.07) is 7.81. The van der Waals surface area contributed by atoms with E-state index in [1.807, 2.05) is 31.3 Å². The third-order valence-electron chi connectivity index (χ3n) is 2.85. The van der Waals surface area contributed by atoms with Crippen molar-refractivity contribution in [3.8, 4) is 0 Å². The van der Waals surface area contributed by atoms with Gasteiger partial charge < -0.3 is 10.0 Å². The minimum absolute atomic E-state index is 0.102. The van der Waals surface area contributed by atoms with E-state index in [9.17, 15) is 9.90 Å². The first-order valence-electron chi connectivity index (χ1n) is 6.00. The van der Waals surface area contributed by atoms with Crippen LogP contribution >= 0.6 is 15.9 Å². The van der Waals surface area contributed by atoms with Crippen molar-refractivity contribution >= 4 is 27.7 Å². The molecule has 1 aromatic heterocycles. The molecule has 0 saturated heterocycles. The Morgan fingerprint density at radius 1 is 1.40 bits per heavy atom. The quantitative estimate of drug-likeness (QED) is 0.930. The Morgan fingerprint density at radius 2 is 2.10 bits per heavy atom. The van der Waals surface area contributed by atoms with Crippen LogP contribution in [-0.2, 0) is 6.54 Å². The van der Waals surface area contributed by atoms with Crippen LogP contribution < -0.4 is 4.90 Å². The van der Waals surface area contributed by atoms with Gasteiger partial charge in [0.2, 0.25) is 0 Å². The van der Waals surface area contributed by atoms with E-state index in [4.69, 9.17) is 0 Å². The summed E-state index contributed by atoms with van der Waals surface area (Å²) < 4.78 is 0.981. The van der Waals surface area contributed by atoms with Crippen molar-refractivity contribution in [3.63, 3.8) is 0 Å². The van der Waals surface area contributed by atoms with Crippen molar-refractivity contribution in [2.75, 3.05) is 11.9 Å². The average molecular weight is 336 g/mol.